The molecule has 3 atom stereocenters. The highest BCUT2D eigenvalue weighted by Crippen LogP contribution is 2.30. The number of fused-ring (bicyclic) bond motifs is 1. The quantitative estimate of drug-likeness (QED) is 0.543. The number of rotatable bonds is 8. The summed E-state index contributed by atoms with van der Waals surface area (Å²) in [5, 5.41) is 6.85. The standard InChI is InChI=1S/C24H31F2N3S/c1-3-16-7-8-18-5-4-6-23(21(18)11-16)28-14-22(27)24(29-15(2)30)12-17-9-19(25)13-20(26)10-17/h7-11,13,22-24,28H,3-6,12,14,27H2,1-2H3,(H,29,30)/t22-,23-,24?/m0/s1. The van der Waals surface area contributed by atoms with Crippen LogP contribution in [0.25, 0.3) is 0 Å². The number of aryl methyl sites for hydroxylation is 2. The van der Waals surface area contributed by atoms with E-state index in [2.05, 4.69) is 35.8 Å². The molecule has 0 spiro atoms. The largest absolute Gasteiger partial charge is 0.375 e. The Morgan fingerprint density at radius 2 is 1.90 bits per heavy atom. The van der Waals surface area contributed by atoms with Crippen LogP contribution in [0.3, 0.4) is 0 Å². The number of thiocarbonyl (C=S) groups is 1. The van der Waals surface area contributed by atoms with Crippen LogP contribution in [0.15, 0.2) is 36.4 Å². The molecule has 0 bridgehead atoms. The van der Waals surface area contributed by atoms with Crippen LogP contribution in [-0.2, 0) is 19.3 Å². The van der Waals surface area contributed by atoms with E-state index >= 15 is 0 Å². The van der Waals surface area contributed by atoms with Crippen LogP contribution in [0.2, 0.25) is 0 Å². The van der Waals surface area contributed by atoms with Crippen molar-refractivity contribution in [2.45, 2.75) is 64.1 Å². The van der Waals surface area contributed by atoms with E-state index < -0.39 is 11.6 Å². The molecule has 30 heavy (non-hydrogen) atoms. The lowest BCUT2D eigenvalue weighted by Gasteiger charge is -2.31. The van der Waals surface area contributed by atoms with Crippen LogP contribution in [0.4, 0.5) is 8.78 Å². The molecule has 0 radical (unpaired) electrons. The molecule has 0 saturated heterocycles. The first-order valence-electron chi connectivity index (χ1n) is 10.7. The minimum atomic E-state index is -0.583. The predicted octanol–water partition coefficient (Wildman–Crippen LogP) is 4.37. The number of benzene rings is 2. The van der Waals surface area contributed by atoms with Crippen LogP contribution in [0.1, 0.15) is 55.0 Å². The van der Waals surface area contributed by atoms with Crippen LogP contribution >= 0.6 is 12.2 Å². The highest BCUT2D eigenvalue weighted by atomic mass is 32.1. The summed E-state index contributed by atoms with van der Waals surface area (Å²) >= 11 is 5.21. The van der Waals surface area contributed by atoms with Gasteiger partial charge in [-0.15, -0.1) is 0 Å². The summed E-state index contributed by atoms with van der Waals surface area (Å²) in [7, 11) is 0. The van der Waals surface area contributed by atoms with Crippen LogP contribution in [0, 0.1) is 11.6 Å². The molecule has 0 aliphatic heterocycles. The fraction of sp³-hybridized carbons (Fsp3) is 0.458. The Hall–Kier alpha value is -1.89. The second kappa shape index (κ2) is 10.4. The molecule has 2 aromatic rings. The van der Waals surface area contributed by atoms with E-state index in [1.807, 2.05) is 0 Å². The van der Waals surface area contributed by atoms with Crippen molar-refractivity contribution in [1.82, 2.24) is 10.6 Å². The number of halogens is 2. The van der Waals surface area contributed by atoms with Gasteiger partial charge in [-0.3, -0.25) is 0 Å². The van der Waals surface area contributed by atoms with E-state index in [0.29, 0.717) is 23.5 Å². The van der Waals surface area contributed by atoms with Gasteiger partial charge in [0.05, 0.1) is 4.99 Å². The number of hydrogen-bond donors (Lipinski definition) is 3. The Kier molecular flexibility index (Phi) is 7.92. The van der Waals surface area contributed by atoms with Gasteiger partial charge in [0.2, 0.25) is 0 Å². The van der Waals surface area contributed by atoms with E-state index in [-0.39, 0.29) is 18.1 Å². The van der Waals surface area contributed by atoms with Gasteiger partial charge in [-0.05, 0) is 73.4 Å². The molecule has 3 nitrogen and oxygen atoms in total. The van der Waals surface area contributed by atoms with E-state index in [1.54, 1.807) is 6.92 Å². The van der Waals surface area contributed by atoms with Gasteiger partial charge < -0.3 is 16.4 Å². The van der Waals surface area contributed by atoms with Crippen LogP contribution in [-0.4, -0.2) is 23.6 Å². The highest BCUT2D eigenvalue weighted by molar-refractivity contribution is 7.80. The lowest BCUT2D eigenvalue weighted by Crippen LogP contribution is -2.53. The van der Waals surface area contributed by atoms with E-state index in [9.17, 15) is 8.78 Å². The fourth-order valence-corrected chi connectivity index (χ4v) is 4.41. The van der Waals surface area contributed by atoms with Crippen molar-refractivity contribution in [3.05, 3.63) is 70.3 Å². The SMILES string of the molecule is CCc1ccc2c(c1)[C@@H](NC[C@H](N)C(Cc1cc(F)cc(F)c1)NC(C)=S)CCC2. The van der Waals surface area contributed by atoms with Crippen molar-refractivity contribution in [3.8, 4) is 0 Å². The average Bonchev–Trinajstić information content (AvgIpc) is 2.70. The highest BCUT2D eigenvalue weighted by Gasteiger charge is 2.24. The van der Waals surface area contributed by atoms with Crippen molar-refractivity contribution in [3.63, 3.8) is 0 Å². The molecule has 1 aliphatic rings. The molecular formula is C24H31F2N3S. The maximum Gasteiger partial charge on any atom is 0.126 e. The minimum Gasteiger partial charge on any atom is -0.375 e. The summed E-state index contributed by atoms with van der Waals surface area (Å²) in [5.74, 6) is -1.17. The van der Waals surface area contributed by atoms with Crippen molar-refractivity contribution in [2.75, 3.05) is 6.54 Å². The first-order valence-corrected chi connectivity index (χ1v) is 11.1. The number of hydrogen-bond acceptors (Lipinski definition) is 3. The lowest BCUT2D eigenvalue weighted by molar-refractivity contribution is 0.398. The van der Waals surface area contributed by atoms with E-state index in [0.717, 1.165) is 31.7 Å². The maximum absolute atomic E-state index is 13.6. The van der Waals surface area contributed by atoms with Gasteiger partial charge in [-0.2, -0.15) is 0 Å². The topological polar surface area (TPSA) is 50.1 Å². The third kappa shape index (κ3) is 6.06. The van der Waals surface area contributed by atoms with Gasteiger partial charge in [0.1, 0.15) is 11.6 Å². The lowest BCUT2D eigenvalue weighted by atomic mass is 9.86. The molecule has 0 amide bonds. The molecule has 162 valence electrons. The zero-order valence-electron chi connectivity index (χ0n) is 17.7. The zero-order chi connectivity index (χ0) is 21.7. The Morgan fingerprint density at radius 1 is 1.17 bits per heavy atom. The first-order chi connectivity index (χ1) is 14.4. The summed E-state index contributed by atoms with van der Waals surface area (Å²) in [5.41, 5.74) is 11.2. The Morgan fingerprint density at radius 3 is 2.57 bits per heavy atom. The van der Waals surface area contributed by atoms with E-state index in [4.69, 9.17) is 18.0 Å². The van der Waals surface area contributed by atoms with E-state index in [1.165, 1.54) is 28.8 Å². The Labute approximate surface area is 183 Å². The average molecular weight is 432 g/mol. The molecule has 0 saturated carbocycles. The summed E-state index contributed by atoms with van der Waals surface area (Å²) in [6.07, 6.45) is 4.75. The normalized spacial score (nSPS) is 17.8. The summed E-state index contributed by atoms with van der Waals surface area (Å²) < 4.78 is 27.2. The minimum absolute atomic E-state index is 0.221. The van der Waals surface area contributed by atoms with Crippen LogP contribution < -0.4 is 16.4 Å². The Balaban J connectivity index is 1.69. The third-order valence-corrected chi connectivity index (χ3v) is 5.93. The summed E-state index contributed by atoms with van der Waals surface area (Å²) in [4.78, 5) is 0.614. The monoisotopic (exact) mass is 431 g/mol. The molecule has 1 aliphatic carbocycles. The molecule has 3 rings (SSSR count). The van der Waals surface area contributed by atoms with Crippen molar-refractivity contribution in [1.29, 1.82) is 0 Å². The molecule has 2 aromatic carbocycles. The summed E-state index contributed by atoms with van der Waals surface area (Å²) in [6.45, 7) is 4.54. The molecule has 6 heteroatoms. The van der Waals surface area contributed by atoms with Gasteiger partial charge in [-0.25, -0.2) is 8.78 Å². The molecule has 1 unspecified atom stereocenters. The second-order valence-corrected chi connectivity index (χ2v) is 8.80. The van der Waals surface area contributed by atoms with Gasteiger partial charge in [0.25, 0.3) is 0 Å². The zero-order valence-corrected chi connectivity index (χ0v) is 18.5. The van der Waals surface area contributed by atoms with Gasteiger partial charge in [-0.1, -0.05) is 37.3 Å². The van der Waals surface area contributed by atoms with Crippen molar-refractivity contribution >= 4 is 17.2 Å². The smallest absolute Gasteiger partial charge is 0.126 e. The van der Waals surface area contributed by atoms with Gasteiger partial charge >= 0.3 is 0 Å². The summed E-state index contributed by atoms with van der Waals surface area (Å²) in [6, 6.07) is 10.1. The number of nitrogens with one attached hydrogen (secondary N) is 2. The fourth-order valence-electron chi connectivity index (χ4n) is 4.25. The van der Waals surface area contributed by atoms with Crippen molar-refractivity contribution in [2.24, 2.45) is 5.73 Å². The van der Waals surface area contributed by atoms with Gasteiger partial charge in [0.15, 0.2) is 0 Å². The maximum atomic E-state index is 13.6. The second-order valence-electron chi connectivity index (χ2n) is 8.19. The Bertz CT molecular complexity index is 866. The van der Waals surface area contributed by atoms with Gasteiger partial charge in [0, 0.05) is 30.7 Å². The predicted molar refractivity (Wildman–Crippen MR) is 123 cm³/mol. The van der Waals surface area contributed by atoms with Crippen molar-refractivity contribution < 1.29 is 8.78 Å². The molecule has 0 aromatic heterocycles. The molecule has 0 fully saturated rings. The first kappa shape index (κ1) is 22.8. The molecule has 4 N–H and O–H groups in total. The number of nitrogens with two attached hydrogens (primary N) is 1. The third-order valence-electron chi connectivity index (χ3n) is 5.82. The molecule has 0 heterocycles. The molecular weight excluding hydrogens is 400 g/mol. The van der Waals surface area contributed by atoms with Crippen LogP contribution in [0.5, 0.6) is 0 Å².